The molecular weight excluding hydrogens is 282 g/mol. The Hall–Kier alpha value is -1.75. The van der Waals surface area contributed by atoms with Gasteiger partial charge in [0, 0.05) is 5.38 Å². The van der Waals surface area contributed by atoms with Crippen LogP contribution in [0.5, 0.6) is 0 Å². The molecule has 0 bridgehead atoms. The minimum absolute atomic E-state index is 0.172. The molecule has 5 nitrogen and oxygen atoms in total. The zero-order valence-corrected chi connectivity index (χ0v) is 11.5. The average molecular weight is 293 g/mol. The van der Waals surface area contributed by atoms with E-state index in [1.807, 2.05) is 6.07 Å². The van der Waals surface area contributed by atoms with E-state index in [1.54, 1.807) is 23.0 Å². The maximum Gasteiger partial charge on any atom is 0.240 e. The van der Waals surface area contributed by atoms with Crippen molar-refractivity contribution in [1.82, 2.24) is 9.71 Å². The number of nitrogens with one attached hydrogen (secondary N) is 1. The molecule has 0 aliphatic carbocycles. The van der Waals surface area contributed by atoms with Crippen molar-refractivity contribution in [3.8, 4) is 6.07 Å². The second-order valence-corrected chi connectivity index (χ2v) is 6.27. The van der Waals surface area contributed by atoms with Gasteiger partial charge in [0.15, 0.2) is 0 Å². The van der Waals surface area contributed by atoms with Crippen LogP contribution in [0.1, 0.15) is 11.3 Å². The van der Waals surface area contributed by atoms with E-state index in [2.05, 4.69) is 9.71 Å². The molecule has 7 heteroatoms. The third-order valence-corrected chi connectivity index (χ3v) is 4.50. The van der Waals surface area contributed by atoms with Crippen molar-refractivity contribution in [3.05, 3.63) is 46.4 Å². The van der Waals surface area contributed by atoms with Gasteiger partial charge in [0.1, 0.15) is 0 Å². The summed E-state index contributed by atoms with van der Waals surface area (Å²) in [7, 11) is -3.54. The molecule has 0 atom stereocenters. The lowest BCUT2D eigenvalue weighted by molar-refractivity contribution is 0.580. The number of aromatic nitrogens is 1. The van der Waals surface area contributed by atoms with E-state index in [4.69, 9.17) is 5.26 Å². The zero-order chi connectivity index (χ0) is 13.7. The van der Waals surface area contributed by atoms with Crippen molar-refractivity contribution >= 4 is 21.4 Å². The van der Waals surface area contributed by atoms with E-state index in [1.165, 1.54) is 23.5 Å². The maximum absolute atomic E-state index is 12.0. The molecule has 0 fully saturated rings. The van der Waals surface area contributed by atoms with Crippen molar-refractivity contribution in [2.75, 3.05) is 0 Å². The van der Waals surface area contributed by atoms with Crippen LogP contribution < -0.4 is 4.72 Å². The monoisotopic (exact) mass is 293 g/mol. The molecule has 0 spiro atoms. The van der Waals surface area contributed by atoms with Crippen molar-refractivity contribution in [1.29, 1.82) is 5.26 Å². The molecule has 0 saturated heterocycles. The van der Waals surface area contributed by atoms with Crippen molar-refractivity contribution in [3.63, 3.8) is 0 Å². The van der Waals surface area contributed by atoms with Crippen LogP contribution in [0.2, 0.25) is 0 Å². The number of rotatable bonds is 5. The second kappa shape index (κ2) is 5.93. The fourth-order valence-corrected chi connectivity index (χ4v) is 3.01. The molecule has 1 heterocycles. The molecule has 0 amide bonds. The normalized spacial score (nSPS) is 11.1. The predicted molar refractivity (Wildman–Crippen MR) is 71.9 cm³/mol. The zero-order valence-electron chi connectivity index (χ0n) is 9.91. The Morgan fingerprint density at radius 2 is 2.05 bits per heavy atom. The molecule has 1 N–H and O–H groups in total. The Morgan fingerprint density at radius 1 is 1.32 bits per heavy atom. The molecule has 2 aromatic rings. The number of hydrogen-bond donors (Lipinski definition) is 1. The van der Waals surface area contributed by atoms with Crippen LogP contribution in [0, 0.1) is 11.3 Å². The van der Waals surface area contributed by atoms with Gasteiger partial charge >= 0.3 is 0 Å². The summed E-state index contributed by atoms with van der Waals surface area (Å²) in [6, 6.07) is 8.28. The van der Waals surface area contributed by atoms with Gasteiger partial charge in [-0.25, -0.2) is 18.1 Å². The van der Waals surface area contributed by atoms with Crippen LogP contribution in [0.25, 0.3) is 0 Å². The molecule has 0 unspecified atom stereocenters. The summed E-state index contributed by atoms with van der Waals surface area (Å²) in [6.07, 6.45) is 0.270. The third kappa shape index (κ3) is 3.61. The minimum Gasteiger partial charge on any atom is -0.248 e. The number of nitrogens with zero attached hydrogens (tertiary/aromatic N) is 2. The number of benzene rings is 1. The van der Waals surface area contributed by atoms with Gasteiger partial charge in [-0.05, 0) is 17.7 Å². The van der Waals surface area contributed by atoms with Crippen molar-refractivity contribution in [2.45, 2.75) is 17.9 Å². The number of hydrogen-bond acceptors (Lipinski definition) is 5. The maximum atomic E-state index is 12.0. The van der Waals surface area contributed by atoms with Gasteiger partial charge < -0.3 is 0 Å². The van der Waals surface area contributed by atoms with E-state index in [0.29, 0.717) is 5.69 Å². The Labute approximate surface area is 115 Å². The molecule has 0 aliphatic heterocycles. The number of thiazole rings is 1. The molecule has 98 valence electrons. The van der Waals surface area contributed by atoms with Gasteiger partial charge in [-0.2, -0.15) is 5.26 Å². The Kier molecular flexibility index (Phi) is 4.27. The van der Waals surface area contributed by atoms with Crippen LogP contribution in [0.4, 0.5) is 0 Å². The van der Waals surface area contributed by atoms with Gasteiger partial charge in [-0.15, -0.1) is 11.3 Å². The Bertz CT molecular complexity index is 671. The summed E-state index contributed by atoms with van der Waals surface area (Å²) >= 11 is 1.42. The SMILES string of the molecule is N#CCc1ccc(S(=O)(=O)NCc2cscn2)cc1. The first-order chi connectivity index (χ1) is 9.12. The molecule has 0 saturated carbocycles. The summed E-state index contributed by atoms with van der Waals surface area (Å²) in [5.41, 5.74) is 3.14. The lowest BCUT2D eigenvalue weighted by Crippen LogP contribution is -2.23. The number of sulfonamides is 1. The summed E-state index contributed by atoms with van der Waals surface area (Å²) in [6.45, 7) is 0.172. The highest BCUT2D eigenvalue weighted by Gasteiger charge is 2.13. The van der Waals surface area contributed by atoms with Crippen LogP contribution >= 0.6 is 11.3 Å². The molecule has 19 heavy (non-hydrogen) atoms. The molecular formula is C12H11N3O2S2. The Balaban J connectivity index is 2.09. The molecule has 1 aromatic carbocycles. The summed E-state index contributed by atoms with van der Waals surface area (Å²) < 4.78 is 26.5. The van der Waals surface area contributed by atoms with Gasteiger partial charge in [0.2, 0.25) is 10.0 Å². The molecule has 0 radical (unpaired) electrons. The van der Waals surface area contributed by atoms with E-state index in [9.17, 15) is 8.42 Å². The fraction of sp³-hybridized carbons (Fsp3) is 0.167. The topological polar surface area (TPSA) is 82.8 Å². The van der Waals surface area contributed by atoms with Crippen LogP contribution in [-0.2, 0) is 23.0 Å². The Morgan fingerprint density at radius 3 is 2.63 bits per heavy atom. The largest absolute Gasteiger partial charge is 0.248 e. The second-order valence-electron chi connectivity index (χ2n) is 3.78. The van der Waals surface area contributed by atoms with E-state index >= 15 is 0 Å². The first kappa shape index (κ1) is 13.7. The quantitative estimate of drug-likeness (QED) is 0.909. The van der Waals surface area contributed by atoms with Gasteiger partial charge in [0.25, 0.3) is 0 Å². The lowest BCUT2D eigenvalue weighted by Gasteiger charge is -2.05. The van der Waals surface area contributed by atoms with E-state index < -0.39 is 10.0 Å². The van der Waals surface area contributed by atoms with Crippen molar-refractivity contribution < 1.29 is 8.42 Å². The van der Waals surface area contributed by atoms with Gasteiger partial charge in [-0.3, -0.25) is 0 Å². The third-order valence-electron chi connectivity index (χ3n) is 2.44. The average Bonchev–Trinajstić information content (AvgIpc) is 2.91. The van der Waals surface area contributed by atoms with Crippen molar-refractivity contribution in [2.24, 2.45) is 0 Å². The van der Waals surface area contributed by atoms with E-state index in [0.717, 1.165) is 5.56 Å². The molecule has 0 aliphatic rings. The minimum atomic E-state index is -3.54. The highest BCUT2D eigenvalue weighted by Crippen LogP contribution is 2.11. The first-order valence-electron chi connectivity index (χ1n) is 5.44. The van der Waals surface area contributed by atoms with Crippen LogP contribution in [-0.4, -0.2) is 13.4 Å². The van der Waals surface area contributed by atoms with E-state index in [-0.39, 0.29) is 17.9 Å². The molecule has 2 rings (SSSR count). The fourth-order valence-electron chi connectivity index (χ4n) is 1.45. The first-order valence-corrected chi connectivity index (χ1v) is 7.87. The smallest absolute Gasteiger partial charge is 0.240 e. The standard InChI is InChI=1S/C12H11N3O2S2/c13-6-5-10-1-3-12(4-2-10)19(16,17)15-7-11-8-18-9-14-11/h1-4,8-9,15H,5,7H2. The summed E-state index contributed by atoms with van der Waals surface area (Å²) in [4.78, 5) is 4.19. The number of nitriles is 1. The highest BCUT2D eigenvalue weighted by atomic mass is 32.2. The predicted octanol–water partition coefficient (Wildman–Crippen LogP) is 1.69. The summed E-state index contributed by atoms with van der Waals surface area (Å²) in [5.74, 6) is 0. The van der Waals surface area contributed by atoms with Gasteiger partial charge in [-0.1, -0.05) is 12.1 Å². The van der Waals surface area contributed by atoms with Crippen LogP contribution in [0.15, 0.2) is 40.1 Å². The highest BCUT2D eigenvalue weighted by molar-refractivity contribution is 7.89. The molecule has 1 aromatic heterocycles. The summed E-state index contributed by atoms with van der Waals surface area (Å²) in [5, 5.41) is 10.3. The van der Waals surface area contributed by atoms with Gasteiger partial charge in [0.05, 0.1) is 35.1 Å². The van der Waals surface area contributed by atoms with Crippen LogP contribution in [0.3, 0.4) is 0 Å². The lowest BCUT2D eigenvalue weighted by atomic mass is 10.2.